The van der Waals surface area contributed by atoms with Crippen molar-refractivity contribution >= 4 is 45.2 Å². The number of nitrogens with zero attached hydrogens (tertiary/aromatic N) is 4. The fourth-order valence-corrected chi connectivity index (χ4v) is 6.75. The Balaban J connectivity index is 1.31. The van der Waals surface area contributed by atoms with Crippen LogP contribution in [0.4, 0.5) is 11.8 Å². The molecule has 2 aromatic heterocycles. The lowest BCUT2D eigenvalue weighted by molar-refractivity contribution is 0.249. The molecule has 5 heterocycles. The van der Waals surface area contributed by atoms with Crippen molar-refractivity contribution in [3.05, 3.63) is 34.2 Å². The Kier molecular flexibility index (Phi) is 6.62. The SMILES string of the molecule is CC(C)[C@H](CO)Nc1nc(N2CCC(C3=NCC(c4cccs4)=C3)CC2)nc2c1S(=O)CC2. The van der Waals surface area contributed by atoms with Crippen molar-refractivity contribution in [3.63, 3.8) is 0 Å². The molecule has 0 spiro atoms. The second-order valence-electron chi connectivity index (χ2n) is 9.27. The fraction of sp³-hybridized carbons (Fsp3) is 0.542. The number of nitrogens with one attached hydrogen (secondary N) is 1. The molecular formula is C24H31N5O2S2. The number of rotatable bonds is 7. The van der Waals surface area contributed by atoms with Crippen LogP contribution in [0, 0.1) is 11.8 Å². The molecule has 3 aliphatic heterocycles. The van der Waals surface area contributed by atoms with Crippen LogP contribution in [-0.4, -0.2) is 63.0 Å². The average molecular weight is 486 g/mol. The Labute approximate surface area is 201 Å². The van der Waals surface area contributed by atoms with Crippen LogP contribution >= 0.6 is 11.3 Å². The highest BCUT2D eigenvalue weighted by Gasteiger charge is 2.31. The van der Waals surface area contributed by atoms with E-state index >= 15 is 0 Å². The molecule has 33 heavy (non-hydrogen) atoms. The predicted molar refractivity (Wildman–Crippen MR) is 136 cm³/mol. The number of aromatic nitrogens is 2. The van der Waals surface area contributed by atoms with Crippen molar-refractivity contribution in [3.8, 4) is 0 Å². The summed E-state index contributed by atoms with van der Waals surface area (Å²) in [6.07, 6.45) is 5.04. The minimum atomic E-state index is -1.09. The topological polar surface area (TPSA) is 90.7 Å². The van der Waals surface area contributed by atoms with Crippen molar-refractivity contribution in [2.24, 2.45) is 16.8 Å². The van der Waals surface area contributed by atoms with Crippen LogP contribution < -0.4 is 10.2 Å². The van der Waals surface area contributed by atoms with E-state index in [0.717, 1.165) is 43.1 Å². The van der Waals surface area contributed by atoms with Gasteiger partial charge in [-0.15, -0.1) is 11.3 Å². The standard InChI is InChI=1S/C24H31N5O2S2/c1-15(2)20(14-30)26-23-22-18(7-11-33(22)31)27-24(28-23)29-8-5-16(6-9-29)19-12-17(13-25-19)21-4-3-10-32-21/h3-4,10,12,15-16,20,30H,5-9,11,13-14H2,1-2H3,(H,26,27,28)/t20-,33?/m0/s1. The lowest BCUT2D eigenvalue weighted by Gasteiger charge is -2.32. The largest absolute Gasteiger partial charge is 0.394 e. The minimum absolute atomic E-state index is 0.00684. The summed E-state index contributed by atoms with van der Waals surface area (Å²) in [5.74, 6) is 2.63. The minimum Gasteiger partial charge on any atom is -0.394 e. The van der Waals surface area contributed by atoms with E-state index in [-0.39, 0.29) is 18.6 Å². The molecule has 1 saturated heterocycles. The van der Waals surface area contributed by atoms with E-state index in [9.17, 15) is 9.32 Å². The first-order valence-electron chi connectivity index (χ1n) is 11.7. The molecule has 0 amide bonds. The number of piperidine rings is 1. The van der Waals surface area contributed by atoms with Crippen LogP contribution in [0.25, 0.3) is 5.57 Å². The lowest BCUT2D eigenvalue weighted by atomic mass is 9.91. The average Bonchev–Trinajstić information content (AvgIpc) is 3.58. The highest BCUT2D eigenvalue weighted by atomic mass is 32.2. The number of aryl methyl sites for hydroxylation is 1. The molecule has 7 nitrogen and oxygen atoms in total. The second kappa shape index (κ2) is 9.64. The number of anilines is 2. The molecule has 1 fully saturated rings. The Morgan fingerprint density at radius 1 is 1.30 bits per heavy atom. The van der Waals surface area contributed by atoms with Crippen LogP contribution in [-0.2, 0) is 17.2 Å². The summed E-state index contributed by atoms with van der Waals surface area (Å²) in [4.78, 5) is 18.7. The molecule has 176 valence electrons. The van der Waals surface area contributed by atoms with Crippen molar-refractivity contribution < 1.29 is 9.32 Å². The third-order valence-corrected chi connectivity index (χ3v) is 9.19. The third-order valence-electron chi connectivity index (χ3n) is 6.79. The third kappa shape index (κ3) is 4.63. The van der Waals surface area contributed by atoms with Gasteiger partial charge in [0.1, 0.15) is 10.7 Å². The Hall–Kier alpha value is -2.10. The number of aliphatic imine (C=N–C) groups is 1. The molecule has 5 rings (SSSR count). The number of hydrogen-bond donors (Lipinski definition) is 2. The maximum absolute atomic E-state index is 12.6. The summed E-state index contributed by atoms with van der Waals surface area (Å²) in [5, 5.41) is 15.3. The molecule has 9 heteroatoms. The number of hydrogen-bond acceptors (Lipinski definition) is 8. The van der Waals surface area contributed by atoms with Crippen molar-refractivity contribution in [1.82, 2.24) is 9.97 Å². The first kappa shape index (κ1) is 22.7. The Morgan fingerprint density at radius 2 is 2.12 bits per heavy atom. The van der Waals surface area contributed by atoms with Crippen molar-refractivity contribution in [2.75, 3.05) is 42.2 Å². The van der Waals surface area contributed by atoms with E-state index in [2.05, 4.69) is 47.7 Å². The molecule has 0 aliphatic carbocycles. The normalized spacial score (nSPS) is 21.8. The quantitative estimate of drug-likeness (QED) is 0.625. The van der Waals surface area contributed by atoms with Gasteiger partial charge >= 0.3 is 0 Å². The molecule has 2 atom stereocenters. The van der Waals surface area contributed by atoms with Crippen molar-refractivity contribution in [2.45, 2.75) is 44.0 Å². The predicted octanol–water partition coefficient (Wildman–Crippen LogP) is 3.39. The zero-order valence-electron chi connectivity index (χ0n) is 19.2. The van der Waals surface area contributed by atoms with Gasteiger partial charge in [0.15, 0.2) is 0 Å². The van der Waals surface area contributed by atoms with Gasteiger partial charge in [-0.05, 0) is 41.9 Å². The van der Waals surface area contributed by atoms with Gasteiger partial charge in [0, 0.05) is 41.8 Å². The van der Waals surface area contributed by atoms with Crippen LogP contribution in [0.1, 0.15) is 37.3 Å². The fourth-order valence-electron chi connectivity index (χ4n) is 4.70. The summed E-state index contributed by atoms with van der Waals surface area (Å²) in [6.45, 7) is 6.66. The van der Waals surface area contributed by atoms with Crippen molar-refractivity contribution in [1.29, 1.82) is 0 Å². The zero-order valence-corrected chi connectivity index (χ0v) is 20.8. The van der Waals surface area contributed by atoms with Crippen LogP contribution in [0.3, 0.4) is 0 Å². The van der Waals surface area contributed by atoms with E-state index < -0.39 is 10.8 Å². The zero-order chi connectivity index (χ0) is 22.9. The van der Waals surface area contributed by atoms with Crippen LogP contribution in [0.2, 0.25) is 0 Å². The summed E-state index contributed by atoms with van der Waals surface area (Å²) in [5.41, 5.74) is 3.44. The number of fused-ring (bicyclic) bond motifs is 1. The summed E-state index contributed by atoms with van der Waals surface area (Å²) >= 11 is 1.78. The number of aliphatic hydroxyl groups excluding tert-OH is 1. The first-order chi connectivity index (χ1) is 16.0. The van der Waals surface area contributed by atoms with Gasteiger partial charge < -0.3 is 15.3 Å². The number of allylic oxidation sites excluding steroid dienone is 1. The van der Waals surface area contributed by atoms with E-state index in [0.29, 0.717) is 29.9 Å². The molecule has 2 aromatic rings. The monoisotopic (exact) mass is 485 g/mol. The molecule has 1 unspecified atom stereocenters. The summed E-state index contributed by atoms with van der Waals surface area (Å²) in [7, 11) is -1.09. The maximum Gasteiger partial charge on any atom is 0.227 e. The van der Waals surface area contributed by atoms with E-state index in [1.165, 1.54) is 16.2 Å². The number of thiophene rings is 1. The van der Waals surface area contributed by atoms with Gasteiger partial charge in [-0.3, -0.25) is 9.20 Å². The van der Waals surface area contributed by atoms with Gasteiger partial charge in [0.25, 0.3) is 0 Å². The van der Waals surface area contributed by atoms with E-state index in [4.69, 9.17) is 15.0 Å². The molecule has 0 radical (unpaired) electrons. The molecule has 3 aliphatic rings. The lowest BCUT2D eigenvalue weighted by Crippen LogP contribution is -2.37. The van der Waals surface area contributed by atoms with Gasteiger partial charge in [-0.1, -0.05) is 19.9 Å². The molecular weight excluding hydrogens is 454 g/mol. The second-order valence-corrected chi connectivity index (χ2v) is 11.7. The van der Waals surface area contributed by atoms with E-state index in [1.54, 1.807) is 11.3 Å². The van der Waals surface area contributed by atoms with Gasteiger partial charge in [0.2, 0.25) is 5.95 Å². The van der Waals surface area contributed by atoms with Gasteiger partial charge in [-0.25, -0.2) is 4.98 Å². The van der Waals surface area contributed by atoms with Gasteiger partial charge in [0.05, 0.1) is 35.7 Å². The summed E-state index contributed by atoms with van der Waals surface area (Å²) < 4.78 is 12.6. The van der Waals surface area contributed by atoms with E-state index in [1.807, 2.05) is 0 Å². The summed E-state index contributed by atoms with van der Waals surface area (Å²) in [6, 6.07) is 4.13. The molecule has 0 saturated carbocycles. The van der Waals surface area contributed by atoms with Gasteiger partial charge in [-0.2, -0.15) is 4.98 Å². The van der Waals surface area contributed by atoms with Crippen LogP contribution in [0.5, 0.6) is 0 Å². The highest BCUT2D eigenvalue weighted by Crippen LogP contribution is 2.33. The maximum atomic E-state index is 12.6. The number of aliphatic hydroxyl groups is 1. The Bertz CT molecular complexity index is 1090. The molecule has 2 N–H and O–H groups in total. The smallest absolute Gasteiger partial charge is 0.227 e. The Morgan fingerprint density at radius 3 is 2.82 bits per heavy atom. The highest BCUT2D eigenvalue weighted by molar-refractivity contribution is 7.85. The molecule has 0 bridgehead atoms. The van der Waals surface area contributed by atoms with Crippen LogP contribution in [0.15, 0.2) is 33.5 Å². The molecule has 0 aromatic carbocycles. The first-order valence-corrected chi connectivity index (χ1v) is 13.9.